The van der Waals surface area contributed by atoms with Crippen LogP contribution in [0.1, 0.15) is 30.7 Å². The van der Waals surface area contributed by atoms with E-state index in [2.05, 4.69) is 40.4 Å². The van der Waals surface area contributed by atoms with E-state index in [1.807, 2.05) is 18.2 Å². The Morgan fingerprint density at radius 3 is 2.33 bits per heavy atom. The Morgan fingerprint density at radius 1 is 1.11 bits per heavy atom. The number of carbonyl (C=O) groups excluding carboxylic acids is 2. The van der Waals surface area contributed by atoms with E-state index in [4.69, 9.17) is 0 Å². The number of fused-ring (bicyclic) bond motifs is 1. The third kappa shape index (κ3) is 2.72. The molecule has 0 saturated carbocycles. The van der Waals surface area contributed by atoms with Crippen molar-refractivity contribution in [2.24, 2.45) is 5.92 Å². The summed E-state index contributed by atoms with van der Waals surface area (Å²) in [6.45, 7) is 4.23. The topological polar surface area (TPSA) is 58.2 Å². The maximum Gasteiger partial charge on any atom is 0.233 e. The van der Waals surface area contributed by atoms with Crippen molar-refractivity contribution in [3.05, 3.63) is 23.8 Å². The summed E-state index contributed by atoms with van der Waals surface area (Å²) in [5.41, 5.74) is 2.40. The van der Waals surface area contributed by atoms with Gasteiger partial charge in [0.15, 0.2) is 0 Å². The summed E-state index contributed by atoms with van der Waals surface area (Å²) >= 11 is 3.62. The Balaban J connectivity index is 2.37. The number of hydrogen-bond acceptors (Lipinski definition) is 2. The Bertz CT molecular complexity index is 500. The van der Waals surface area contributed by atoms with Gasteiger partial charge >= 0.3 is 0 Å². The number of benzene rings is 1. The molecule has 1 aliphatic heterocycles. The summed E-state index contributed by atoms with van der Waals surface area (Å²) in [4.78, 5) is 23.1. The minimum Gasteiger partial charge on any atom is -0.324 e. The molecule has 0 aromatic heterocycles. The van der Waals surface area contributed by atoms with Crippen LogP contribution in [0.4, 0.5) is 11.4 Å². The fourth-order valence-electron chi connectivity index (χ4n) is 1.87. The summed E-state index contributed by atoms with van der Waals surface area (Å²) in [6.07, 6.45) is -0.133. The molecule has 5 heteroatoms. The summed E-state index contributed by atoms with van der Waals surface area (Å²) < 4.78 is 0. The van der Waals surface area contributed by atoms with Crippen molar-refractivity contribution in [3.63, 3.8) is 0 Å². The first kappa shape index (κ1) is 13.1. The monoisotopic (exact) mass is 310 g/mol. The second-order valence-electron chi connectivity index (χ2n) is 4.72. The summed E-state index contributed by atoms with van der Waals surface area (Å²) in [5.74, 6) is -0.114. The maximum atomic E-state index is 11.5. The Morgan fingerprint density at radius 2 is 1.72 bits per heavy atom. The molecule has 0 fully saturated rings. The van der Waals surface area contributed by atoms with Crippen LogP contribution < -0.4 is 10.6 Å². The highest BCUT2D eigenvalue weighted by Crippen LogP contribution is 2.35. The third-order valence-corrected chi connectivity index (χ3v) is 4.40. The molecule has 0 radical (unpaired) electrons. The highest BCUT2D eigenvalue weighted by Gasteiger charge is 2.20. The number of carbonyl (C=O) groups is 2. The molecule has 1 aromatic carbocycles. The average molecular weight is 311 g/mol. The van der Waals surface area contributed by atoms with Gasteiger partial charge in [0.05, 0.1) is 11.4 Å². The van der Waals surface area contributed by atoms with Gasteiger partial charge in [-0.2, -0.15) is 0 Å². The van der Waals surface area contributed by atoms with E-state index in [1.165, 1.54) is 0 Å². The number of amides is 2. The van der Waals surface area contributed by atoms with Crippen molar-refractivity contribution in [3.8, 4) is 0 Å². The van der Waals surface area contributed by atoms with Gasteiger partial charge in [-0.05, 0) is 23.6 Å². The minimum atomic E-state index is -0.279. The van der Waals surface area contributed by atoms with Crippen LogP contribution >= 0.6 is 15.9 Å². The SMILES string of the molecule is CC(C)C(Br)c1ccc2c(c1)NC(=O)CC(=O)N2. The smallest absolute Gasteiger partial charge is 0.233 e. The predicted octanol–water partition coefficient (Wildman–Crippen LogP) is 3.06. The lowest BCUT2D eigenvalue weighted by atomic mass is 10.0. The normalized spacial score (nSPS) is 16.7. The van der Waals surface area contributed by atoms with Gasteiger partial charge in [-0.25, -0.2) is 0 Å². The maximum absolute atomic E-state index is 11.5. The van der Waals surface area contributed by atoms with E-state index in [9.17, 15) is 9.59 Å². The minimum absolute atomic E-state index is 0.133. The van der Waals surface area contributed by atoms with E-state index in [1.54, 1.807) is 0 Å². The predicted molar refractivity (Wildman–Crippen MR) is 74.8 cm³/mol. The van der Waals surface area contributed by atoms with E-state index in [0.717, 1.165) is 5.56 Å². The van der Waals surface area contributed by atoms with Crippen molar-refractivity contribution in [2.45, 2.75) is 25.1 Å². The van der Waals surface area contributed by atoms with Gasteiger partial charge in [0, 0.05) is 4.83 Å². The van der Waals surface area contributed by atoms with Crippen LogP contribution in [0, 0.1) is 5.92 Å². The van der Waals surface area contributed by atoms with Gasteiger partial charge in [-0.3, -0.25) is 9.59 Å². The number of halogens is 1. The second-order valence-corrected chi connectivity index (χ2v) is 5.71. The first-order chi connectivity index (χ1) is 8.47. The molecule has 96 valence electrons. The molecule has 4 nitrogen and oxygen atoms in total. The number of nitrogens with one attached hydrogen (secondary N) is 2. The van der Waals surface area contributed by atoms with E-state index < -0.39 is 0 Å². The molecule has 1 atom stereocenters. The van der Waals surface area contributed by atoms with Crippen LogP contribution in [0.25, 0.3) is 0 Å². The summed E-state index contributed by atoms with van der Waals surface area (Å²) in [6, 6.07) is 5.68. The zero-order chi connectivity index (χ0) is 13.3. The van der Waals surface area contributed by atoms with Crippen molar-refractivity contribution >= 4 is 39.1 Å². The number of alkyl halides is 1. The molecule has 0 bridgehead atoms. The molecule has 1 aromatic rings. The molecule has 0 aliphatic carbocycles. The molecule has 0 saturated heterocycles. The van der Waals surface area contributed by atoms with Crippen LogP contribution in [0.3, 0.4) is 0 Å². The average Bonchev–Trinajstić information content (AvgIpc) is 2.43. The Kier molecular flexibility index (Phi) is 3.71. The number of anilines is 2. The van der Waals surface area contributed by atoms with Crippen LogP contribution in [-0.2, 0) is 9.59 Å². The fraction of sp³-hybridized carbons (Fsp3) is 0.385. The fourth-order valence-corrected chi connectivity index (χ4v) is 2.15. The van der Waals surface area contributed by atoms with Crippen LogP contribution in [0.5, 0.6) is 0 Å². The first-order valence-corrected chi connectivity index (χ1v) is 6.76. The first-order valence-electron chi connectivity index (χ1n) is 5.85. The Hall–Kier alpha value is -1.36. The molecule has 0 spiro atoms. The quantitative estimate of drug-likeness (QED) is 0.651. The number of rotatable bonds is 2. The largest absolute Gasteiger partial charge is 0.324 e. The molecule has 1 aliphatic rings. The highest BCUT2D eigenvalue weighted by atomic mass is 79.9. The van der Waals surface area contributed by atoms with Gasteiger partial charge in [-0.15, -0.1) is 0 Å². The Labute approximate surface area is 114 Å². The van der Waals surface area contributed by atoms with E-state index >= 15 is 0 Å². The standard InChI is InChI=1S/C13H15BrN2O2/c1-7(2)13(14)8-3-4-9-10(5-8)16-12(18)6-11(17)15-9/h3-5,7,13H,6H2,1-2H3,(H,15,17)(H,16,18). The lowest BCUT2D eigenvalue weighted by Gasteiger charge is -2.16. The molecule has 2 rings (SSSR count). The molecule has 1 heterocycles. The lowest BCUT2D eigenvalue weighted by Crippen LogP contribution is -2.16. The van der Waals surface area contributed by atoms with Crippen molar-refractivity contribution < 1.29 is 9.59 Å². The summed E-state index contributed by atoms with van der Waals surface area (Å²) in [5, 5.41) is 5.45. The number of hydrogen-bond donors (Lipinski definition) is 2. The van der Waals surface area contributed by atoms with Gasteiger partial charge in [0.1, 0.15) is 6.42 Å². The second kappa shape index (κ2) is 5.10. The van der Waals surface area contributed by atoms with E-state index in [-0.39, 0.29) is 23.1 Å². The molecule has 1 unspecified atom stereocenters. The van der Waals surface area contributed by atoms with Gasteiger partial charge in [-0.1, -0.05) is 35.8 Å². The van der Waals surface area contributed by atoms with Crippen molar-refractivity contribution in [2.75, 3.05) is 10.6 Å². The van der Waals surface area contributed by atoms with Crippen LogP contribution in [-0.4, -0.2) is 11.8 Å². The van der Waals surface area contributed by atoms with Crippen molar-refractivity contribution in [1.29, 1.82) is 0 Å². The van der Waals surface area contributed by atoms with E-state index in [0.29, 0.717) is 17.3 Å². The molecule has 2 amide bonds. The highest BCUT2D eigenvalue weighted by molar-refractivity contribution is 9.09. The van der Waals surface area contributed by atoms with Crippen molar-refractivity contribution in [1.82, 2.24) is 0 Å². The van der Waals surface area contributed by atoms with Crippen LogP contribution in [0.2, 0.25) is 0 Å². The zero-order valence-corrected chi connectivity index (χ0v) is 11.9. The summed E-state index contributed by atoms with van der Waals surface area (Å²) in [7, 11) is 0. The van der Waals surface area contributed by atoms with Gasteiger partial charge < -0.3 is 10.6 Å². The van der Waals surface area contributed by atoms with Crippen LogP contribution in [0.15, 0.2) is 18.2 Å². The zero-order valence-electron chi connectivity index (χ0n) is 10.3. The molecular weight excluding hydrogens is 296 g/mol. The third-order valence-electron chi connectivity index (χ3n) is 2.82. The van der Waals surface area contributed by atoms with Gasteiger partial charge in [0.25, 0.3) is 0 Å². The molecule has 2 N–H and O–H groups in total. The lowest BCUT2D eigenvalue weighted by molar-refractivity contribution is -0.123. The molecule has 18 heavy (non-hydrogen) atoms. The van der Waals surface area contributed by atoms with Gasteiger partial charge in [0.2, 0.25) is 11.8 Å². The molecular formula is C13H15BrN2O2.